The molecule has 0 bridgehead atoms. The highest BCUT2D eigenvalue weighted by Gasteiger charge is 2.27. The zero-order valence-corrected chi connectivity index (χ0v) is 16.9. The van der Waals surface area contributed by atoms with Crippen LogP contribution in [0.3, 0.4) is 0 Å². The number of rotatable bonds is 6. The van der Waals surface area contributed by atoms with Gasteiger partial charge in [0.25, 0.3) is 0 Å². The summed E-state index contributed by atoms with van der Waals surface area (Å²) in [6.45, 7) is 11.1. The Morgan fingerprint density at radius 2 is 1.92 bits per heavy atom. The third-order valence-corrected chi connectivity index (χ3v) is 6.99. The van der Waals surface area contributed by atoms with Gasteiger partial charge in [0.15, 0.2) is 9.84 Å². The molecule has 25 heavy (non-hydrogen) atoms. The minimum Gasteiger partial charge on any atom is -0.328 e. The van der Waals surface area contributed by atoms with Gasteiger partial charge in [-0.2, -0.15) is 0 Å². The van der Waals surface area contributed by atoms with E-state index in [4.69, 9.17) is 4.98 Å². The predicted octanol–water partition coefficient (Wildman–Crippen LogP) is 4.36. The molecule has 0 unspecified atom stereocenters. The summed E-state index contributed by atoms with van der Waals surface area (Å²) >= 11 is 0. The molecule has 1 aromatic carbocycles. The van der Waals surface area contributed by atoms with E-state index in [9.17, 15) is 8.42 Å². The lowest BCUT2D eigenvalue weighted by molar-refractivity contribution is 0.391. The molecule has 1 aliphatic rings. The Hall–Kier alpha value is -1.36. The van der Waals surface area contributed by atoms with E-state index in [1.165, 1.54) is 12.8 Å². The Morgan fingerprint density at radius 1 is 1.24 bits per heavy atom. The predicted molar refractivity (Wildman–Crippen MR) is 103 cm³/mol. The largest absolute Gasteiger partial charge is 0.328 e. The Labute approximate surface area is 151 Å². The van der Waals surface area contributed by atoms with Crippen molar-refractivity contribution in [3.63, 3.8) is 0 Å². The van der Waals surface area contributed by atoms with Crippen molar-refractivity contribution in [2.75, 3.05) is 0 Å². The summed E-state index contributed by atoms with van der Waals surface area (Å²) in [5.74, 6) is 1.90. The molecular weight excluding hydrogens is 332 g/mol. The molecule has 3 rings (SSSR count). The molecule has 0 saturated heterocycles. The SMILES string of the molecule is CC(C)S(=O)(=O)Cc1cccc2c1nc(CC(C)(C)C)n2CC1CC1. The third-order valence-electron chi connectivity index (χ3n) is 4.84. The number of para-hydroxylation sites is 1. The zero-order valence-electron chi connectivity index (χ0n) is 16.0. The highest BCUT2D eigenvalue weighted by atomic mass is 32.2. The quantitative estimate of drug-likeness (QED) is 0.767. The highest BCUT2D eigenvalue weighted by molar-refractivity contribution is 7.91. The minimum atomic E-state index is -3.14. The monoisotopic (exact) mass is 362 g/mol. The molecule has 1 heterocycles. The van der Waals surface area contributed by atoms with E-state index in [2.05, 4.69) is 31.4 Å². The Morgan fingerprint density at radius 3 is 2.48 bits per heavy atom. The number of benzene rings is 1. The van der Waals surface area contributed by atoms with Crippen LogP contribution in [0.25, 0.3) is 11.0 Å². The van der Waals surface area contributed by atoms with Crippen molar-refractivity contribution in [1.82, 2.24) is 9.55 Å². The summed E-state index contributed by atoms with van der Waals surface area (Å²) in [5.41, 5.74) is 2.93. The number of fused-ring (bicyclic) bond motifs is 1. The fourth-order valence-electron chi connectivity index (χ4n) is 3.12. The van der Waals surface area contributed by atoms with Crippen LogP contribution in [0, 0.1) is 11.3 Å². The molecule has 5 heteroatoms. The first-order chi connectivity index (χ1) is 11.6. The van der Waals surface area contributed by atoms with Crippen molar-refractivity contribution >= 4 is 20.9 Å². The molecule has 1 saturated carbocycles. The standard InChI is InChI=1S/C20H30N2O2S/c1-14(2)25(23,24)13-16-7-6-8-17-19(16)21-18(11-20(3,4)5)22(17)12-15-9-10-15/h6-8,14-15H,9-13H2,1-5H3. The van der Waals surface area contributed by atoms with Crippen LogP contribution < -0.4 is 0 Å². The number of nitrogens with zero attached hydrogens (tertiary/aromatic N) is 2. The molecule has 0 radical (unpaired) electrons. The van der Waals surface area contributed by atoms with Gasteiger partial charge in [-0.3, -0.25) is 0 Å². The lowest BCUT2D eigenvalue weighted by Gasteiger charge is -2.18. The Balaban J connectivity index is 2.08. The minimum absolute atomic E-state index is 0.0669. The van der Waals surface area contributed by atoms with Gasteiger partial charge in [0.2, 0.25) is 0 Å². The summed E-state index contributed by atoms with van der Waals surface area (Å²) < 4.78 is 27.2. The summed E-state index contributed by atoms with van der Waals surface area (Å²) in [7, 11) is -3.14. The van der Waals surface area contributed by atoms with Gasteiger partial charge in [-0.15, -0.1) is 0 Å². The number of sulfone groups is 1. The summed E-state index contributed by atoms with van der Waals surface area (Å²) in [4.78, 5) is 4.92. The van der Waals surface area contributed by atoms with Gasteiger partial charge in [0, 0.05) is 13.0 Å². The van der Waals surface area contributed by atoms with Crippen molar-refractivity contribution < 1.29 is 8.42 Å². The molecule has 4 nitrogen and oxygen atoms in total. The Bertz CT molecular complexity index is 869. The summed E-state index contributed by atoms with van der Waals surface area (Å²) in [6, 6.07) is 5.97. The van der Waals surface area contributed by atoms with Crippen LogP contribution in [0.2, 0.25) is 0 Å². The van der Waals surface area contributed by atoms with Crippen LogP contribution in [0.5, 0.6) is 0 Å². The van der Waals surface area contributed by atoms with Crippen molar-refractivity contribution in [2.24, 2.45) is 11.3 Å². The highest BCUT2D eigenvalue weighted by Crippen LogP contribution is 2.34. The molecule has 1 aromatic heterocycles. The van der Waals surface area contributed by atoms with Crippen LogP contribution in [0.1, 0.15) is 58.8 Å². The van der Waals surface area contributed by atoms with Crippen molar-refractivity contribution in [2.45, 2.75) is 71.4 Å². The van der Waals surface area contributed by atoms with E-state index in [0.29, 0.717) is 0 Å². The van der Waals surface area contributed by atoms with Gasteiger partial charge in [-0.1, -0.05) is 32.9 Å². The van der Waals surface area contributed by atoms with Crippen molar-refractivity contribution in [3.8, 4) is 0 Å². The molecular formula is C20H30N2O2S. The lowest BCUT2D eigenvalue weighted by atomic mass is 9.92. The topological polar surface area (TPSA) is 52.0 Å². The summed E-state index contributed by atoms with van der Waals surface area (Å²) in [6.07, 6.45) is 3.47. The van der Waals surface area contributed by atoms with Gasteiger partial charge < -0.3 is 4.57 Å². The fraction of sp³-hybridized carbons (Fsp3) is 0.650. The Kier molecular flexibility index (Phi) is 4.73. The second-order valence-corrected chi connectivity index (χ2v) is 11.5. The van der Waals surface area contributed by atoms with Crippen LogP contribution in [-0.2, 0) is 28.6 Å². The molecule has 0 N–H and O–H groups in total. The van der Waals surface area contributed by atoms with Crippen molar-refractivity contribution in [3.05, 3.63) is 29.6 Å². The van der Waals surface area contributed by atoms with E-state index < -0.39 is 9.84 Å². The molecule has 0 atom stereocenters. The van der Waals surface area contributed by atoms with Gasteiger partial charge in [0.1, 0.15) is 5.82 Å². The number of aromatic nitrogens is 2. The third kappa shape index (κ3) is 4.25. The van der Waals surface area contributed by atoms with Gasteiger partial charge in [-0.25, -0.2) is 13.4 Å². The van der Waals surface area contributed by atoms with Crippen molar-refractivity contribution in [1.29, 1.82) is 0 Å². The van der Waals surface area contributed by atoms with Gasteiger partial charge in [-0.05, 0) is 49.7 Å². The van der Waals surface area contributed by atoms with Gasteiger partial charge >= 0.3 is 0 Å². The molecule has 2 aromatic rings. The molecule has 0 spiro atoms. The first-order valence-corrected chi connectivity index (χ1v) is 11.0. The zero-order chi connectivity index (χ0) is 18.4. The maximum absolute atomic E-state index is 12.4. The normalized spacial score (nSPS) is 16.1. The average Bonchev–Trinajstić information content (AvgIpc) is 3.22. The maximum Gasteiger partial charge on any atom is 0.156 e. The summed E-state index contributed by atoms with van der Waals surface area (Å²) in [5, 5.41) is -0.370. The van der Waals surface area contributed by atoms with E-state index in [1.54, 1.807) is 13.8 Å². The second-order valence-electron chi connectivity index (χ2n) is 8.96. The van der Waals surface area contributed by atoms with Gasteiger partial charge in [0.05, 0.1) is 22.0 Å². The number of hydrogen-bond acceptors (Lipinski definition) is 3. The molecule has 0 amide bonds. The molecule has 1 fully saturated rings. The van der Waals surface area contributed by atoms with Crippen LogP contribution in [-0.4, -0.2) is 23.2 Å². The van der Waals surface area contributed by atoms with E-state index >= 15 is 0 Å². The maximum atomic E-state index is 12.4. The van der Waals surface area contributed by atoms with Crippen LogP contribution in [0.4, 0.5) is 0 Å². The van der Waals surface area contributed by atoms with E-state index in [0.717, 1.165) is 41.3 Å². The molecule has 0 aliphatic heterocycles. The van der Waals surface area contributed by atoms with E-state index in [1.807, 2.05) is 12.1 Å². The first-order valence-electron chi connectivity index (χ1n) is 9.25. The molecule has 138 valence electrons. The average molecular weight is 363 g/mol. The smallest absolute Gasteiger partial charge is 0.156 e. The first kappa shape index (κ1) is 18.4. The fourth-order valence-corrected chi connectivity index (χ4v) is 4.12. The lowest BCUT2D eigenvalue weighted by Crippen LogP contribution is -2.16. The number of hydrogen-bond donors (Lipinski definition) is 0. The number of imidazole rings is 1. The second kappa shape index (κ2) is 6.42. The van der Waals surface area contributed by atoms with Crippen LogP contribution in [0.15, 0.2) is 18.2 Å². The van der Waals surface area contributed by atoms with E-state index in [-0.39, 0.29) is 16.4 Å². The molecule has 1 aliphatic carbocycles. The van der Waals surface area contributed by atoms with Crippen LogP contribution >= 0.6 is 0 Å².